The van der Waals surface area contributed by atoms with E-state index in [1.54, 1.807) is 9.42 Å². The molecule has 1 atom stereocenters. The molecule has 8 nitrogen and oxygen atoms in total. The number of benzene rings is 2. The monoisotopic (exact) mass is 426 g/mol. The maximum Gasteiger partial charge on any atom is 0.229 e. The molecule has 3 heterocycles. The zero-order chi connectivity index (χ0) is 22.2. The third kappa shape index (κ3) is 3.71. The minimum Gasteiger partial charge on any atom is -0.326 e. The molecule has 1 fully saturated rings. The predicted octanol–water partition coefficient (Wildman–Crippen LogP) is 3.40. The second-order valence-electron chi connectivity index (χ2n) is 8.04. The molecule has 8 heteroatoms. The van der Waals surface area contributed by atoms with E-state index in [0.29, 0.717) is 17.9 Å². The van der Waals surface area contributed by atoms with Gasteiger partial charge in [0.05, 0.1) is 11.6 Å². The van der Waals surface area contributed by atoms with E-state index in [4.69, 9.17) is 0 Å². The molecule has 0 aliphatic carbocycles. The van der Waals surface area contributed by atoms with Crippen LogP contribution in [0.3, 0.4) is 0 Å². The van der Waals surface area contributed by atoms with Crippen LogP contribution < -0.4 is 10.2 Å². The summed E-state index contributed by atoms with van der Waals surface area (Å²) in [4.78, 5) is 26.9. The van der Waals surface area contributed by atoms with Crippen molar-refractivity contribution < 1.29 is 9.59 Å². The van der Waals surface area contributed by atoms with Crippen LogP contribution in [0.1, 0.15) is 17.8 Å². The fourth-order valence-electron chi connectivity index (χ4n) is 3.88. The van der Waals surface area contributed by atoms with Gasteiger partial charge in [-0.2, -0.15) is 9.61 Å². The summed E-state index contributed by atoms with van der Waals surface area (Å²) >= 11 is 0. The quantitative estimate of drug-likeness (QED) is 0.540. The lowest BCUT2D eigenvalue weighted by Crippen LogP contribution is -2.28. The molecule has 5 rings (SSSR count). The fraction of sp³-hybridized carbons (Fsp3) is 0.208. The van der Waals surface area contributed by atoms with E-state index in [1.807, 2.05) is 74.5 Å². The van der Waals surface area contributed by atoms with Gasteiger partial charge in [0.15, 0.2) is 11.5 Å². The van der Waals surface area contributed by atoms with Gasteiger partial charge >= 0.3 is 0 Å². The van der Waals surface area contributed by atoms with Gasteiger partial charge in [-0.15, -0.1) is 10.2 Å². The number of hydrogen-bond acceptors (Lipinski definition) is 5. The molecule has 1 aliphatic rings. The van der Waals surface area contributed by atoms with Crippen molar-refractivity contribution in [1.82, 2.24) is 19.8 Å². The zero-order valence-electron chi connectivity index (χ0n) is 17.8. The Morgan fingerprint density at radius 3 is 2.47 bits per heavy atom. The summed E-state index contributed by atoms with van der Waals surface area (Å²) in [6, 6.07) is 19.0. The Hall–Kier alpha value is -4.07. The average Bonchev–Trinajstić information content (AvgIpc) is 3.37. The lowest BCUT2D eigenvalue weighted by molar-refractivity contribution is -0.122. The van der Waals surface area contributed by atoms with Crippen LogP contribution >= 0.6 is 0 Å². The van der Waals surface area contributed by atoms with Crippen LogP contribution in [0.25, 0.3) is 16.9 Å². The first kappa shape index (κ1) is 19.9. The SMILES string of the molecule is Cc1ccc(N2CC(C(=O)Nc3ccc(-c4ccc5nnc(C)n5n4)cc3)CC2=O)cc1. The van der Waals surface area contributed by atoms with Crippen LogP contribution in [-0.2, 0) is 9.59 Å². The Kier molecular flexibility index (Phi) is 4.89. The van der Waals surface area contributed by atoms with Gasteiger partial charge in [-0.3, -0.25) is 9.59 Å². The minimum atomic E-state index is -0.385. The summed E-state index contributed by atoms with van der Waals surface area (Å²) in [6.45, 7) is 4.23. The Morgan fingerprint density at radius 1 is 0.969 bits per heavy atom. The second kappa shape index (κ2) is 7.88. The van der Waals surface area contributed by atoms with Crippen LogP contribution in [0.15, 0.2) is 60.7 Å². The van der Waals surface area contributed by atoms with E-state index in [0.717, 1.165) is 28.3 Å². The molecule has 0 saturated carbocycles. The topological polar surface area (TPSA) is 92.5 Å². The van der Waals surface area contributed by atoms with E-state index in [9.17, 15) is 9.59 Å². The van der Waals surface area contributed by atoms with Gasteiger partial charge in [0.25, 0.3) is 0 Å². The van der Waals surface area contributed by atoms with E-state index < -0.39 is 0 Å². The van der Waals surface area contributed by atoms with Gasteiger partial charge in [0, 0.05) is 29.9 Å². The summed E-state index contributed by atoms with van der Waals surface area (Å²) in [5, 5.41) is 15.6. The van der Waals surface area contributed by atoms with Gasteiger partial charge in [-0.1, -0.05) is 29.8 Å². The van der Waals surface area contributed by atoms with E-state index in [-0.39, 0.29) is 24.2 Å². The van der Waals surface area contributed by atoms with Crippen molar-refractivity contribution >= 4 is 28.8 Å². The smallest absolute Gasteiger partial charge is 0.229 e. The average molecular weight is 426 g/mol. The summed E-state index contributed by atoms with van der Waals surface area (Å²) in [5.74, 6) is 0.149. The third-order valence-electron chi connectivity index (χ3n) is 5.71. The van der Waals surface area contributed by atoms with Crippen molar-refractivity contribution in [3.8, 4) is 11.3 Å². The molecule has 32 heavy (non-hydrogen) atoms. The maximum absolute atomic E-state index is 12.8. The number of carbonyl (C=O) groups excluding carboxylic acids is 2. The third-order valence-corrected chi connectivity index (χ3v) is 5.71. The minimum absolute atomic E-state index is 0.0323. The molecule has 1 N–H and O–H groups in total. The number of rotatable bonds is 4. The Morgan fingerprint density at radius 2 is 1.72 bits per heavy atom. The first-order valence-corrected chi connectivity index (χ1v) is 10.5. The molecule has 1 unspecified atom stereocenters. The molecule has 160 valence electrons. The number of amides is 2. The lowest BCUT2D eigenvalue weighted by atomic mass is 10.1. The van der Waals surface area contributed by atoms with Crippen LogP contribution in [0, 0.1) is 19.8 Å². The lowest BCUT2D eigenvalue weighted by Gasteiger charge is -2.17. The molecule has 4 aromatic rings. The van der Waals surface area contributed by atoms with Gasteiger partial charge in [-0.25, -0.2) is 0 Å². The molecular formula is C24H22N6O2. The first-order valence-electron chi connectivity index (χ1n) is 10.5. The molecular weight excluding hydrogens is 404 g/mol. The number of aromatic nitrogens is 4. The van der Waals surface area contributed by atoms with Gasteiger partial charge < -0.3 is 10.2 Å². The van der Waals surface area contributed by atoms with Crippen molar-refractivity contribution in [2.24, 2.45) is 5.92 Å². The van der Waals surface area contributed by atoms with Crippen LogP contribution in [0.4, 0.5) is 11.4 Å². The molecule has 1 aliphatic heterocycles. The maximum atomic E-state index is 12.8. The highest BCUT2D eigenvalue weighted by molar-refractivity contribution is 6.03. The number of hydrogen-bond donors (Lipinski definition) is 1. The molecule has 2 aromatic carbocycles. The van der Waals surface area contributed by atoms with Crippen LogP contribution in [-0.4, -0.2) is 38.2 Å². The normalized spacial score (nSPS) is 16.0. The van der Waals surface area contributed by atoms with E-state index in [2.05, 4.69) is 20.6 Å². The summed E-state index contributed by atoms with van der Waals surface area (Å²) in [6.07, 6.45) is 0.208. The predicted molar refractivity (Wildman–Crippen MR) is 121 cm³/mol. The molecule has 2 amide bonds. The van der Waals surface area contributed by atoms with Crippen molar-refractivity contribution in [1.29, 1.82) is 0 Å². The highest BCUT2D eigenvalue weighted by atomic mass is 16.2. The van der Waals surface area contributed by atoms with Crippen molar-refractivity contribution in [3.63, 3.8) is 0 Å². The van der Waals surface area contributed by atoms with Gasteiger partial charge in [0.1, 0.15) is 0 Å². The zero-order valence-corrected chi connectivity index (χ0v) is 17.8. The van der Waals surface area contributed by atoms with Gasteiger partial charge in [0.2, 0.25) is 11.8 Å². The van der Waals surface area contributed by atoms with Gasteiger partial charge in [-0.05, 0) is 50.2 Å². The summed E-state index contributed by atoms with van der Waals surface area (Å²) < 4.78 is 1.70. The second-order valence-corrected chi connectivity index (χ2v) is 8.04. The first-order chi connectivity index (χ1) is 15.5. The number of carbonyl (C=O) groups is 2. The molecule has 2 aromatic heterocycles. The molecule has 0 bridgehead atoms. The van der Waals surface area contributed by atoms with E-state index in [1.165, 1.54) is 0 Å². The molecule has 0 spiro atoms. The fourth-order valence-corrected chi connectivity index (χ4v) is 3.88. The van der Waals surface area contributed by atoms with Crippen molar-refractivity contribution in [2.75, 3.05) is 16.8 Å². The van der Waals surface area contributed by atoms with Crippen LogP contribution in [0.2, 0.25) is 0 Å². The van der Waals surface area contributed by atoms with Crippen molar-refractivity contribution in [2.45, 2.75) is 20.3 Å². The molecule has 0 radical (unpaired) electrons. The van der Waals surface area contributed by atoms with E-state index >= 15 is 0 Å². The Balaban J connectivity index is 1.27. The standard InChI is InChI=1S/C24H22N6O2/c1-15-3-9-20(10-4-15)29-14-18(13-23(29)31)24(32)25-19-7-5-17(6-8-19)21-11-12-22-27-26-16(2)30(22)28-21/h3-12,18H,13-14H2,1-2H3,(H,25,32). The van der Waals surface area contributed by atoms with Crippen LogP contribution in [0.5, 0.6) is 0 Å². The number of fused-ring (bicyclic) bond motifs is 1. The highest BCUT2D eigenvalue weighted by Gasteiger charge is 2.35. The Labute approximate surface area is 184 Å². The number of aryl methyl sites for hydroxylation is 2. The van der Waals surface area contributed by atoms with Crippen molar-refractivity contribution in [3.05, 3.63) is 72.1 Å². The number of anilines is 2. The highest BCUT2D eigenvalue weighted by Crippen LogP contribution is 2.27. The largest absolute Gasteiger partial charge is 0.326 e. The Bertz CT molecular complexity index is 1310. The molecule has 1 saturated heterocycles. The summed E-state index contributed by atoms with van der Waals surface area (Å²) in [7, 11) is 0. The summed E-state index contributed by atoms with van der Waals surface area (Å²) in [5.41, 5.74) is 5.04. The number of nitrogens with one attached hydrogen (secondary N) is 1. The number of nitrogens with zero attached hydrogens (tertiary/aromatic N) is 5.